The fourth-order valence-corrected chi connectivity index (χ4v) is 2.08. The lowest BCUT2D eigenvalue weighted by molar-refractivity contribution is 0.0962. The first kappa shape index (κ1) is 10.9. The van der Waals surface area contributed by atoms with Crippen LogP contribution in [0.2, 0.25) is 0 Å². The second-order valence-corrected chi connectivity index (χ2v) is 4.12. The Morgan fingerprint density at radius 3 is 2.15 bits per heavy atom. The SMILES string of the molecule is CC(NC(C)C1CCCC1)C(F)F. The van der Waals surface area contributed by atoms with Crippen molar-refractivity contribution in [2.45, 2.75) is 58.0 Å². The largest absolute Gasteiger partial charge is 0.306 e. The van der Waals surface area contributed by atoms with Crippen LogP contribution in [0.1, 0.15) is 39.5 Å². The minimum atomic E-state index is -2.25. The van der Waals surface area contributed by atoms with Crippen molar-refractivity contribution in [3.8, 4) is 0 Å². The lowest BCUT2D eigenvalue weighted by atomic mass is 9.99. The Morgan fingerprint density at radius 2 is 1.69 bits per heavy atom. The minimum Gasteiger partial charge on any atom is -0.306 e. The van der Waals surface area contributed by atoms with Crippen molar-refractivity contribution < 1.29 is 8.78 Å². The van der Waals surface area contributed by atoms with E-state index >= 15 is 0 Å². The Hall–Kier alpha value is -0.180. The lowest BCUT2D eigenvalue weighted by Gasteiger charge is -2.24. The molecule has 0 aliphatic heterocycles. The van der Waals surface area contributed by atoms with E-state index < -0.39 is 12.5 Å². The fourth-order valence-electron chi connectivity index (χ4n) is 2.08. The first-order chi connectivity index (χ1) is 6.11. The van der Waals surface area contributed by atoms with Crippen LogP contribution in [0.15, 0.2) is 0 Å². The van der Waals surface area contributed by atoms with Crippen molar-refractivity contribution in [3.05, 3.63) is 0 Å². The third-order valence-corrected chi connectivity index (χ3v) is 3.01. The second-order valence-electron chi connectivity index (χ2n) is 4.12. The molecule has 1 saturated carbocycles. The number of rotatable bonds is 4. The highest BCUT2D eigenvalue weighted by atomic mass is 19.3. The van der Waals surface area contributed by atoms with Gasteiger partial charge in [0.2, 0.25) is 0 Å². The van der Waals surface area contributed by atoms with Gasteiger partial charge in [0.05, 0.1) is 6.04 Å². The molecule has 1 N–H and O–H groups in total. The maximum atomic E-state index is 12.2. The van der Waals surface area contributed by atoms with E-state index in [2.05, 4.69) is 5.32 Å². The van der Waals surface area contributed by atoms with E-state index in [-0.39, 0.29) is 6.04 Å². The van der Waals surface area contributed by atoms with Crippen molar-refractivity contribution in [1.82, 2.24) is 5.32 Å². The molecule has 1 rings (SSSR count). The van der Waals surface area contributed by atoms with Crippen LogP contribution in [0.3, 0.4) is 0 Å². The van der Waals surface area contributed by atoms with Gasteiger partial charge in [0, 0.05) is 6.04 Å². The van der Waals surface area contributed by atoms with Crippen molar-refractivity contribution >= 4 is 0 Å². The number of hydrogen-bond donors (Lipinski definition) is 1. The zero-order valence-electron chi connectivity index (χ0n) is 8.39. The monoisotopic (exact) mass is 191 g/mol. The number of hydrogen-bond acceptors (Lipinski definition) is 1. The van der Waals surface area contributed by atoms with Crippen molar-refractivity contribution in [2.24, 2.45) is 5.92 Å². The van der Waals surface area contributed by atoms with Crippen LogP contribution in [-0.2, 0) is 0 Å². The first-order valence-electron chi connectivity index (χ1n) is 5.15. The number of alkyl halides is 2. The summed E-state index contributed by atoms with van der Waals surface area (Å²) >= 11 is 0. The Labute approximate surface area is 78.9 Å². The Balaban J connectivity index is 2.26. The highest BCUT2D eigenvalue weighted by Crippen LogP contribution is 2.27. The average molecular weight is 191 g/mol. The van der Waals surface area contributed by atoms with E-state index in [0.29, 0.717) is 5.92 Å². The van der Waals surface area contributed by atoms with Gasteiger partial charge in [-0.05, 0) is 32.6 Å². The molecule has 78 valence electrons. The molecular weight excluding hydrogens is 172 g/mol. The van der Waals surface area contributed by atoms with Crippen LogP contribution in [0.4, 0.5) is 8.78 Å². The zero-order chi connectivity index (χ0) is 9.84. The van der Waals surface area contributed by atoms with Crippen LogP contribution in [0, 0.1) is 5.92 Å². The van der Waals surface area contributed by atoms with Gasteiger partial charge >= 0.3 is 0 Å². The minimum absolute atomic E-state index is 0.242. The van der Waals surface area contributed by atoms with Gasteiger partial charge in [-0.3, -0.25) is 0 Å². The van der Waals surface area contributed by atoms with Crippen LogP contribution in [0.5, 0.6) is 0 Å². The van der Waals surface area contributed by atoms with Crippen LogP contribution < -0.4 is 5.32 Å². The predicted octanol–water partition coefficient (Wildman–Crippen LogP) is 2.81. The standard InChI is InChI=1S/C10H19F2N/c1-7(9-5-3-4-6-9)13-8(2)10(11)12/h7-10,13H,3-6H2,1-2H3. The first-order valence-corrected chi connectivity index (χ1v) is 5.15. The number of nitrogens with one attached hydrogen (secondary N) is 1. The van der Waals surface area contributed by atoms with Crippen molar-refractivity contribution in [2.75, 3.05) is 0 Å². The normalized spacial score (nSPS) is 23.8. The van der Waals surface area contributed by atoms with Gasteiger partial charge in [0.15, 0.2) is 0 Å². The maximum absolute atomic E-state index is 12.2. The summed E-state index contributed by atoms with van der Waals surface area (Å²) in [6.45, 7) is 3.57. The molecule has 0 heterocycles. The van der Waals surface area contributed by atoms with Gasteiger partial charge in [0.1, 0.15) is 0 Å². The van der Waals surface area contributed by atoms with E-state index in [1.165, 1.54) is 25.7 Å². The predicted molar refractivity (Wildman–Crippen MR) is 50.0 cm³/mol. The van der Waals surface area contributed by atoms with E-state index in [1.807, 2.05) is 6.92 Å². The summed E-state index contributed by atoms with van der Waals surface area (Å²) in [7, 11) is 0. The Bertz CT molecular complexity index is 144. The van der Waals surface area contributed by atoms with E-state index in [4.69, 9.17) is 0 Å². The summed E-state index contributed by atoms with van der Waals surface area (Å²) < 4.78 is 24.4. The third-order valence-electron chi connectivity index (χ3n) is 3.01. The van der Waals surface area contributed by atoms with Gasteiger partial charge in [0.25, 0.3) is 6.43 Å². The molecule has 2 unspecified atom stereocenters. The summed E-state index contributed by atoms with van der Waals surface area (Å²) in [5.74, 6) is 0.612. The molecule has 0 bridgehead atoms. The van der Waals surface area contributed by atoms with Crippen LogP contribution in [-0.4, -0.2) is 18.5 Å². The molecule has 13 heavy (non-hydrogen) atoms. The van der Waals surface area contributed by atoms with Crippen molar-refractivity contribution in [3.63, 3.8) is 0 Å². The Kier molecular flexibility index (Phi) is 4.10. The van der Waals surface area contributed by atoms with Gasteiger partial charge in [-0.2, -0.15) is 0 Å². The topological polar surface area (TPSA) is 12.0 Å². The van der Waals surface area contributed by atoms with Gasteiger partial charge in [-0.1, -0.05) is 12.8 Å². The number of halogens is 2. The summed E-state index contributed by atoms with van der Waals surface area (Å²) in [6.07, 6.45) is 2.68. The summed E-state index contributed by atoms with van der Waals surface area (Å²) in [4.78, 5) is 0. The summed E-state index contributed by atoms with van der Waals surface area (Å²) in [6, 6.07) is -0.429. The molecule has 1 fully saturated rings. The van der Waals surface area contributed by atoms with E-state index in [9.17, 15) is 8.78 Å². The highest BCUT2D eigenvalue weighted by Gasteiger charge is 2.24. The molecule has 0 saturated heterocycles. The van der Waals surface area contributed by atoms with Crippen LogP contribution in [0.25, 0.3) is 0 Å². The lowest BCUT2D eigenvalue weighted by Crippen LogP contribution is -2.42. The van der Waals surface area contributed by atoms with E-state index in [0.717, 1.165) is 0 Å². The van der Waals surface area contributed by atoms with Crippen LogP contribution >= 0.6 is 0 Å². The van der Waals surface area contributed by atoms with Crippen molar-refractivity contribution in [1.29, 1.82) is 0 Å². The Morgan fingerprint density at radius 1 is 1.15 bits per heavy atom. The average Bonchev–Trinajstić information content (AvgIpc) is 2.55. The van der Waals surface area contributed by atoms with Gasteiger partial charge in [-0.25, -0.2) is 8.78 Å². The molecule has 2 atom stereocenters. The smallest absolute Gasteiger partial charge is 0.253 e. The molecule has 0 spiro atoms. The second kappa shape index (κ2) is 4.89. The maximum Gasteiger partial charge on any atom is 0.253 e. The molecule has 0 aromatic heterocycles. The van der Waals surface area contributed by atoms with Gasteiger partial charge < -0.3 is 5.32 Å². The molecule has 0 radical (unpaired) electrons. The molecule has 0 aromatic rings. The molecule has 1 nitrogen and oxygen atoms in total. The third kappa shape index (κ3) is 3.22. The molecule has 0 aromatic carbocycles. The fraction of sp³-hybridized carbons (Fsp3) is 1.00. The zero-order valence-corrected chi connectivity index (χ0v) is 8.39. The highest BCUT2D eigenvalue weighted by molar-refractivity contribution is 4.79. The summed E-state index contributed by atoms with van der Waals surface area (Å²) in [5, 5.41) is 2.97. The quantitative estimate of drug-likeness (QED) is 0.720. The summed E-state index contributed by atoms with van der Waals surface area (Å²) in [5.41, 5.74) is 0. The van der Waals surface area contributed by atoms with E-state index in [1.54, 1.807) is 6.92 Å². The molecule has 3 heteroatoms. The molecule has 1 aliphatic rings. The molecule has 1 aliphatic carbocycles. The molecule has 0 amide bonds. The molecular formula is C10H19F2N. The van der Waals surface area contributed by atoms with Gasteiger partial charge in [-0.15, -0.1) is 0 Å².